The van der Waals surface area contributed by atoms with Gasteiger partial charge >= 0.3 is 0 Å². The van der Waals surface area contributed by atoms with Crippen molar-refractivity contribution in [2.24, 2.45) is 0 Å². The lowest BCUT2D eigenvalue weighted by Gasteiger charge is -2.28. The molecule has 4 heteroatoms. The van der Waals surface area contributed by atoms with Gasteiger partial charge in [0.05, 0.1) is 13.2 Å². The highest BCUT2D eigenvalue weighted by Crippen LogP contribution is 2.07. The third-order valence-corrected chi connectivity index (χ3v) is 3.20. The van der Waals surface area contributed by atoms with Crippen LogP contribution in [-0.2, 0) is 9.47 Å². The summed E-state index contributed by atoms with van der Waals surface area (Å²) in [7, 11) is 3.90. The van der Waals surface area contributed by atoms with Gasteiger partial charge in [0.1, 0.15) is 0 Å². The van der Waals surface area contributed by atoms with Crippen LogP contribution >= 0.6 is 0 Å². The number of nitrogens with one attached hydrogen (secondary N) is 1. The van der Waals surface area contributed by atoms with Gasteiger partial charge in [-0.15, -0.1) is 0 Å². The Morgan fingerprint density at radius 2 is 2.12 bits per heavy atom. The minimum absolute atomic E-state index is 0.696. The molecule has 0 aromatic rings. The molecular weight excluding hydrogens is 216 g/mol. The van der Waals surface area contributed by atoms with Crippen LogP contribution in [0, 0.1) is 0 Å². The molecular formula is C13H28N2O2. The predicted molar refractivity (Wildman–Crippen MR) is 70.5 cm³/mol. The van der Waals surface area contributed by atoms with Crippen molar-refractivity contribution in [1.82, 2.24) is 10.2 Å². The molecule has 0 aromatic carbocycles. The molecule has 0 radical (unpaired) electrons. The second-order valence-corrected chi connectivity index (χ2v) is 4.87. The van der Waals surface area contributed by atoms with Crippen molar-refractivity contribution in [3.63, 3.8) is 0 Å². The number of piperidine rings is 1. The van der Waals surface area contributed by atoms with Crippen LogP contribution in [-0.4, -0.2) is 64.6 Å². The van der Waals surface area contributed by atoms with Gasteiger partial charge < -0.3 is 19.7 Å². The fourth-order valence-electron chi connectivity index (χ4n) is 2.23. The van der Waals surface area contributed by atoms with E-state index in [0.717, 1.165) is 26.1 Å². The zero-order chi connectivity index (χ0) is 12.3. The molecule has 0 bridgehead atoms. The van der Waals surface area contributed by atoms with Crippen LogP contribution in [0.2, 0.25) is 0 Å². The number of ether oxygens (including phenoxy) is 2. The molecule has 1 atom stereocenters. The first-order valence-corrected chi connectivity index (χ1v) is 6.81. The van der Waals surface area contributed by atoms with E-state index in [-0.39, 0.29) is 0 Å². The number of rotatable bonds is 9. The van der Waals surface area contributed by atoms with Gasteiger partial charge in [-0.2, -0.15) is 0 Å². The predicted octanol–water partition coefficient (Wildman–Crippen LogP) is 1.11. The Labute approximate surface area is 106 Å². The molecule has 1 unspecified atom stereocenters. The molecule has 1 N–H and O–H groups in total. The van der Waals surface area contributed by atoms with E-state index in [0.29, 0.717) is 19.3 Å². The maximum absolute atomic E-state index is 5.45. The Morgan fingerprint density at radius 3 is 2.82 bits per heavy atom. The monoisotopic (exact) mass is 244 g/mol. The van der Waals surface area contributed by atoms with Crippen molar-refractivity contribution < 1.29 is 9.47 Å². The lowest BCUT2D eigenvalue weighted by molar-refractivity contribution is 0.0658. The molecule has 0 aromatic heterocycles. The van der Waals surface area contributed by atoms with Gasteiger partial charge in [-0.25, -0.2) is 0 Å². The molecule has 1 heterocycles. The van der Waals surface area contributed by atoms with E-state index in [1.807, 2.05) is 0 Å². The highest BCUT2D eigenvalue weighted by atomic mass is 16.5. The van der Waals surface area contributed by atoms with Crippen LogP contribution in [0.5, 0.6) is 0 Å². The first-order valence-electron chi connectivity index (χ1n) is 6.81. The lowest BCUT2D eigenvalue weighted by Crippen LogP contribution is -2.42. The summed E-state index contributed by atoms with van der Waals surface area (Å²) in [6, 6.07) is 0.697. The van der Waals surface area contributed by atoms with E-state index in [1.165, 1.54) is 25.8 Å². The van der Waals surface area contributed by atoms with Crippen LogP contribution in [0.3, 0.4) is 0 Å². The third-order valence-electron chi connectivity index (χ3n) is 3.20. The van der Waals surface area contributed by atoms with Gasteiger partial charge in [-0.3, -0.25) is 0 Å². The summed E-state index contributed by atoms with van der Waals surface area (Å²) in [5.41, 5.74) is 0. The second kappa shape index (κ2) is 9.83. The number of nitrogens with zero attached hydrogens (tertiary/aromatic N) is 1. The van der Waals surface area contributed by atoms with E-state index in [1.54, 1.807) is 7.11 Å². The molecule has 0 spiro atoms. The summed E-state index contributed by atoms with van der Waals surface area (Å²) in [5, 5.41) is 3.58. The highest BCUT2D eigenvalue weighted by molar-refractivity contribution is 4.74. The van der Waals surface area contributed by atoms with Crippen LogP contribution < -0.4 is 5.32 Å². The number of hydrogen-bond acceptors (Lipinski definition) is 4. The molecule has 1 aliphatic rings. The molecule has 1 fully saturated rings. The Bertz CT molecular complexity index is 173. The quantitative estimate of drug-likeness (QED) is 0.616. The number of likely N-dealkylation sites (N-methyl/N-ethyl adjacent to an activating group) is 1. The SMILES string of the molecule is COCCOCCCN(C)CC1CCCCN1. The van der Waals surface area contributed by atoms with Gasteiger partial charge in [0.2, 0.25) is 0 Å². The number of hydrogen-bond donors (Lipinski definition) is 1. The molecule has 1 rings (SSSR count). The lowest BCUT2D eigenvalue weighted by atomic mass is 10.0. The maximum Gasteiger partial charge on any atom is 0.0700 e. The summed E-state index contributed by atoms with van der Waals surface area (Å²) in [5.74, 6) is 0. The Kier molecular flexibility index (Phi) is 8.61. The largest absolute Gasteiger partial charge is 0.382 e. The van der Waals surface area contributed by atoms with E-state index in [2.05, 4.69) is 17.3 Å². The van der Waals surface area contributed by atoms with Crippen LogP contribution in [0.25, 0.3) is 0 Å². The van der Waals surface area contributed by atoms with Gasteiger partial charge in [-0.05, 0) is 32.9 Å². The standard InChI is InChI=1S/C13H28N2O2/c1-15(8-5-9-17-11-10-16-2)12-13-6-3-4-7-14-13/h13-14H,3-12H2,1-2H3. The van der Waals surface area contributed by atoms with Crippen LogP contribution in [0.4, 0.5) is 0 Å². The average Bonchev–Trinajstić information content (AvgIpc) is 2.35. The summed E-state index contributed by atoms with van der Waals surface area (Å²) in [4.78, 5) is 2.41. The van der Waals surface area contributed by atoms with Crippen molar-refractivity contribution >= 4 is 0 Å². The zero-order valence-corrected chi connectivity index (χ0v) is 11.4. The average molecular weight is 244 g/mol. The van der Waals surface area contributed by atoms with E-state index >= 15 is 0 Å². The minimum Gasteiger partial charge on any atom is -0.382 e. The summed E-state index contributed by atoms with van der Waals surface area (Å²) < 4.78 is 10.4. The van der Waals surface area contributed by atoms with Crippen molar-refractivity contribution in [3.8, 4) is 0 Å². The highest BCUT2D eigenvalue weighted by Gasteiger charge is 2.13. The first-order chi connectivity index (χ1) is 8.33. The zero-order valence-electron chi connectivity index (χ0n) is 11.4. The molecule has 4 nitrogen and oxygen atoms in total. The van der Waals surface area contributed by atoms with E-state index < -0.39 is 0 Å². The molecule has 0 aliphatic carbocycles. The normalized spacial score (nSPS) is 21.0. The Hall–Kier alpha value is -0.160. The third kappa shape index (κ3) is 7.71. The molecule has 1 saturated heterocycles. The minimum atomic E-state index is 0.696. The Balaban J connectivity index is 1.91. The fraction of sp³-hybridized carbons (Fsp3) is 1.00. The summed E-state index contributed by atoms with van der Waals surface area (Å²) in [6.07, 6.45) is 5.15. The summed E-state index contributed by atoms with van der Waals surface area (Å²) in [6.45, 7) is 5.72. The summed E-state index contributed by atoms with van der Waals surface area (Å²) >= 11 is 0. The molecule has 0 amide bonds. The molecule has 0 saturated carbocycles. The number of methoxy groups -OCH3 is 1. The van der Waals surface area contributed by atoms with Crippen molar-refractivity contribution in [2.75, 3.05) is 53.6 Å². The van der Waals surface area contributed by atoms with Gasteiger partial charge in [0.25, 0.3) is 0 Å². The van der Waals surface area contributed by atoms with Crippen molar-refractivity contribution in [3.05, 3.63) is 0 Å². The second-order valence-electron chi connectivity index (χ2n) is 4.87. The first kappa shape index (κ1) is 14.9. The topological polar surface area (TPSA) is 33.7 Å². The van der Waals surface area contributed by atoms with Gasteiger partial charge in [-0.1, -0.05) is 6.42 Å². The van der Waals surface area contributed by atoms with Crippen LogP contribution in [0.15, 0.2) is 0 Å². The maximum atomic E-state index is 5.45. The van der Waals surface area contributed by atoms with Crippen molar-refractivity contribution in [1.29, 1.82) is 0 Å². The van der Waals surface area contributed by atoms with Gasteiger partial charge in [0.15, 0.2) is 0 Å². The smallest absolute Gasteiger partial charge is 0.0700 e. The van der Waals surface area contributed by atoms with Crippen LogP contribution in [0.1, 0.15) is 25.7 Å². The van der Waals surface area contributed by atoms with Crippen molar-refractivity contribution in [2.45, 2.75) is 31.7 Å². The molecule has 1 aliphatic heterocycles. The molecule has 17 heavy (non-hydrogen) atoms. The van der Waals surface area contributed by atoms with E-state index in [9.17, 15) is 0 Å². The Morgan fingerprint density at radius 1 is 1.24 bits per heavy atom. The van der Waals surface area contributed by atoms with Gasteiger partial charge in [0, 0.05) is 32.8 Å². The van der Waals surface area contributed by atoms with E-state index in [4.69, 9.17) is 9.47 Å². The fourth-order valence-corrected chi connectivity index (χ4v) is 2.23. The molecule has 102 valence electrons.